The Kier molecular flexibility index (Phi) is 7.56. The SMILES string of the molecule is CNC(=O)C1(S(=O)(=O)c2ccc(Oc3ccc(C(F)(F)F)cc3)cc2)CCN(Cc2ccncc2)CC1. The second-order valence-electron chi connectivity index (χ2n) is 8.80. The Labute approximate surface area is 213 Å². The molecule has 0 unspecified atom stereocenters. The second kappa shape index (κ2) is 10.5. The molecule has 1 amide bonds. The van der Waals surface area contributed by atoms with Crippen LogP contribution in [0.3, 0.4) is 0 Å². The number of ether oxygens (including phenoxy) is 1. The number of halogens is 3. The number of carbonyl (C=O) groups is 1. The van der Waals surface area contributed by atoms with Gasteiger partial charge in [0, 0.05) is 39.1 Å². The Morgan fingerprint density at radius 3 is 2.03 bits per heavy atom. The van der Waals surface area contributed by atoms with Crippen molar-refractivity contribution in [3.63, 3.8) is 0 Å². The summed E-state index contributed by atoms with van der Waals surface area (Å²) in [6.45, 7) is 1.47. The molecule has 0 atom stereocenters. The normalized spacial score (nSPS) is 16.2. The zero-order chi connectivity index (χ0) is 26.7. The van der Waals surface area contributed by atoms with Gasteiger partial charge in [-0.3, -0.25) is 14.7 Å². The molecule has 1 aliphatic heterocycles. The van der Waals surface area contributed by atoms with Gasteiger partial charge in [-0.25, -0.2) is 8.42 Å². The van der Waals surface area contributed by atoms with Gasteiger partial charge in [0.2, 0.25) is 5.91 Å². The van der Waals surface area contributed by atoms with Crippen molar-refractivity contribution < 1.29 is 31.1 Å². The van der Waals surface area contributed by atoms with Gasteiger partial charge >= 0.3 is 6.18 Å². The van der Waals surface area contributed by atoms with Gasteiger partial charge in [0.25, 0.3) is 0 Å². The van der Waals surface area contributed by atoms with Gasteiger partial charge < -0.3 is 10.1 Å². The maximum atomic E-state index is 13.7. The first-order valence-electron chi connectivity index (χ1n) is 11.6. The first-order valence-corrected chi connectivity index (χ1v) is 13.1. The second-order valence-corrected chi connectivity index (χ2v) is 11.1. The summed E-state index contributed by atoms with van der Waals surface area (Å²) >= 11 is 0. The van der Waals surface area contributed by atoms with Crippen LogP contribution in [0.15, 0.2) is 78.0 Å². The van der Waals surface area contributed by atoms with Gasteiger partial charge in [-0.15, -0.1) is 0 Å². The number of sulfone groups is 1. The predicted octanol–water partition coefficient (Wildman–Crippen LogP) is 4.45. The third-order valence-electron chi connectivity index (χ3n) is 6.53. The Bertz CT molecular complexity index is 1320. The molecular formula is C26H26F3N3O4S. The molecule has 1 saturated heterocycles. The molecule has 2 heterocycles. The standard InChI is InChI=1S/C26H26F3N3O4S/c1-30-24(33)25(12-16-32(17-13-25)18-19-10-14-31-15-11-19)37(34,35)23-8-6-22(7-9-23)36-21-4-2-20(3-5-21)26(27,28)29/h2-11,14-15H,12-13,16-18H2,1H3,(H,30,33). The molecule has 0 saturated carbocycles. The largest absolute Gasteiger partial charge is 0.457 e. The number of nitrogens with one attached hydrogen (secondary N) is 1. The van der Waals surface area contributed by atoms with Crippen molar-refractivity contribution in [2.24, 2.45) is 0 Å². The topological polar surface area (TPSA) is 88.6 Å². The fraction of sp³-hybridized carbons (Fsp3) is 0.308. The van der Waals surface area contributed by atoms with Crippen LogP contribution in [0.4, 0.5) is 13.2 Å². The van der Waals surface area contributed by atoms with E-state index in [4.69, 9.17) is 4.74 Å². The Morgan fingerprint density at radius 1 is 0.973 bits per heavy atom. The molecule has 0 radical (unpaired) electrons. The van der Waals surface area contributed by atoms with E-state index < -0.39 is 32.2 Å². The third-order valence-corrected chi connectivity index (χ3v) is 9.04. The smallest absolute Gasteiger partial charge is 0.416 e. The summed E-state index contributed by atoms with van der Waals surface area (Å²) in [5.74, 6) is -0.131. The minimum Gasteiger partial charge on any atom is -0.457 e. The third kappa shape index (κ3) is 5.62. The van der Waals surface area contributed by atoms with Gasteiger partial charge in [-0.2, -0.15) is 13.2 Å². The van der Waals surface area contributed by atoms with Crippen LogP contribution in [-0.4, -0.2) is 49.1 Å². The molecular weight excluding hydrogens is 507 g/mol. The molecule has 1 aromatic heterocycles. The van der Waals surface area contributed by atoms with Crippen LogP contribution in [-0.2, 0) is 27.4 Å². The van der Waals surface area contributed by atoms with E-state index >= 15 is 0 Å². The Hall–Kier alpha value is -3.44. The summed E-state index contributed by atoms with van der Waals surface area (Å²) in [6, 6.07) is 13.5. The molecule has 0 aliphatic carbocycles. The van der Waals surface area contributed by atoms with Crippen molar-refractivity contribution in [2.75, 3.05) is 20.1 Å². The van der Waals surface area contributed by atoms with Crippen molar-refractivity contribution in [1.82, 2.24) is 15.2 Å². The summed E-state index contributed by atoms with van der Waals surface area (Å²) in [7, 11) is -2.65. The van der Waals surface area contributed by atoms with Crippen molar-refractivity contribution >= 4 is 15.7 Å². The monoisotopic (exact) mass is 533 g/mol. The predicted molar refractivity (Wildman–Crippen MR) is 131 cm³/mol. The van der Waals surface area contributed by atoms with Crippen LogP contribution < -0.4 is 10.1 Å². The number of benzene rings is 2. The number of alkyl halides is 3. The number of nitrogens with zero attached hydrogens (tertiary/aromatic N) is 2. The van der Waals surface area contributed by atoms with E-state index in [-0.39, 0.29) is 29.2 Å². The summed E-state index contributed by atoms with van der Waals surface area (Å²) in [4.78, 5) is 19.0. The van der Waals surface area contributed by atoms with E-state index in [1.807, 2.05) is 12.1 Å². The minimum absolute atomic E-state index is 0.0292. The Morgan fingerprint density at radius 2 is 1.51 bits per heavy atom. The van der Waals surface area contributed by atoms with Crippen LogP contribution >= 0.6 is 0 Å². The number of piperidine rings is 1. The lowest BCUT2D eigenvalue weighted by atomic mass is 9.94. The maximum Gasteiger partial charge on any atom is 0.416 e. The highest BCUT2D eigenvalue weighted by Crippen LogP contribution is 2.37. The number of hydrogen-bond acceptors (Lipinski definition) is 6. The first-order chi connectivity index (χ1) is 17.5. The highest BCUT2D eigenvalue weighted by atomic mass is 32.2. The molecule has 0 bridgehead atoms. The average Bonchev–Trinajstić information content (AvgIpc) is 2.89. The molecule has 3 aromatic rings. The summed E-state index contributed by atoms with van der Waals surface area (Å²) in [5, 5.41) is 2.53. The number of rotatable bonds is 7. The van der Waals surface area contributed by atoms with Crippen molar-refractivity contribution in [3.05, 3.63) is 84.2 Å². The molecule has 2 aromatic carbocycles. The molecule has 37 heavy (non-hydrogen) atoms. The molecule has 196 valence electrons. The van der Waals surface area contributed by atoms with Crippen molar-refractivity contribution in [3.8, 4) is 11.5 Å². The highest BCUT2D eigenvalue weighted by molar-refractivity contribution is 7.93. The highest BCUT2D eigenvalue weighted by Gasteiger charge is 2.52. The van der Waals surface area contributed by atoms with E-state index in [9.17, 15) is 26.4 Å². The van der Waals surface area contributed by atoms with Crippen molar-refractivity contribution in [2.45, 2.75) is 35.2 Å². The molecule has 11 heteroatoms. The van der Waals surface area contributed by atoms with Gasteiger partial charge in [-0.1, -0.05) is 0 Å². The van der Waals surface area contributed by atoms with Crippen LogP contribution in [0, 0.1) is 0 Å². The summed E-state index contributed by atoms with van der Waals surface area (Å²) in [5.41, 5.74) is 0.251. The molecule has 1 fully saturated rings. The first kappa shape index (κ1) is 26.6. The average molecular weight is 534 g/mol. The molecule has 1 aliphatic rings. The van der Waals surface area contributed by atoms with Gasteiger partial charge in [0.15, 0.2) is 14.6 Å². The number of aromatic nitrogens is 1. The van der Waals surface area contributed by atoms with Crippen LogP contribution in [0.25, 0.3) is 0 Å². The quantitative estimate of drug-likeness (QED) is 0.483. The summed E-state index contributed by atoms with van der Waals surface area (Å²) < 4.78 is 69.7. The number of likely N-dealkylation sites (tertiary alicyclic amines) is 1. The zero-order valence-electron chi connectivity index (χ0n) is 20.0. The van der Waals surface area contributed by atoms with E-state index in [2.05, 4.69) is 15.2 Å². The molecule has 1 N–H and O–H groups in total. The van der Waals surface area contributed by atoms with E-state index in [0.717, 1.165) is 17.7 Å². The van der Waals surface area contributed by atoms with Gasteiger partial charge in [-0.05, 0) is 79.1 Å². The number of carbonyl (C=O) groups excluding carboxylic acids is 1. The van der Waals surface area contributed by atoms with E-state index in [1.54, 1.807) is 12.4 Å². The lowest BCUT2D eigenvalue weighted by Gasteiger charge is -2.39. The van der Waals surface area contributed by atoms with E-state index in [1.165, 1.54) is 43.4 Å². The Balaban J connectivity index is 1.50. The molecule has 7 nitrogen and oxygen atoms in total. The zero-order valence-corrected chi connectivity index (χ0v) is 20.8. The number of pyridine rings is 1. The van der Waals surface area contributed by atoms with Crippen molar-refractivity contribution in [1.29, 1.82) is 0 Å². The van der Waals surface area contributed by atoms with Crippen LogP contribution in [0.1, 0.15) is 24.0 Å². The van der Waals surface area contributed by atoms with Gasteiger partial charge in [0.05, 0.1) is 10.5 Å². The maximum absolute atomic E-state index is 13.7. The van der Waals surface area contributed by atoms with Gasteiger partial charge in [0.1, 0.15) is 11.5 Å². The summed E-state index contributed by atoms with van der Waals surface area (Å²) in [6.07, 6.45) is -0.800. The van der Waals surface area contributed by atoms with E-state index in [0.29, 0.717) is 19.6 Å². The number of amides is 1. The fourth-order valence-corrected chi connectivity index (χ4v) is 6.44. The lowest BCUT2D eigenvalue weighted by molar-refractivity contribution is -0.137. The molecule has 0 spiro atoms. The molecule has 4 rings (SSSR count). The minimum atomic E-state index is -4.45. The fourth-order valence-electron chi connectivity index (χ4n) is 4.42. The van der Waals surface area contributed by atoms with Crippen LogP contribution in [0.5, 0.6) is 11.5 Å². The van der Waals surface area contributed by atoms with Crippen LogP contribution in [0.2, 0.25) is 0 Å². The lowest BCUT2D eigenvalue weighted by Crippen LogP contribution is -2.57. The number of hydrogen-bond donors (Lipinski definition) is 1.